The molecule has 0 radical (unpaired) electrons. The Bertz CT molecular complexity index is 4520. The molecule has 33 heteroatoms. The maximum Gasteiger partial charge on any atom is 0.330 e. The number of carboxylic acid groups (broad SMARTS) is 1. The van der Waals surface area contributed by atoms with Crippen LogP contribution in [0.15, 0.2) is 115 Å². The molecule has 7 aliphatic rings. The third-order valence-corrected chi connectivity index (χ3v) is 17.5. The summed E-state index contributed by atoms with van der Waals surface area (Å²) in [5.74, 6) is -17.0. The summed E-state index contributed by atoms with van der Waals surface area (Å²) in [6.45, 7) is 0.0228. The molecule has 31 nitrogen and oxygen atoms in total. The SMILES string of the molecule is CC(=O)N[C@H]1[C@H](O[C@@H]2c3ccc(c(Cl)c3)Oc3cc4cc(c3O)Oc3ccc(cc3Cl)C[C@H]3NC(=O)[C@@H](N)c5ccc(O)c(c5)Oc5cc(O)cc(c5)[C@H](NC3=O)C(=O)N[C@H]4C(=O)N[C@H]3C(=O)N[C@@H]2C(=O)N[C@H](C(=O)O)c2cc(O)cc(O)c2-c2cc3ccc2O)O[C@H](CO)[C@@H](O)[C@@H]1O. The van der Waals surface area contributed by atoms with E-state index in [4.69, 9.17) is 52.6 Å². The predicted octanol–water partition coefficient (Wildman–Crippen LogP) is 2.95. The van der Waals surface area contributed by atoms with Gasteiger partial charge in [0, 0.05) is 42.2 Å². The number of phenolic OH excluding ortho intramolecular Hbond substituents is 6. The van der Waals surface area contributed by atoms with Gasteiger partial charge in [-0.3, -0.25) is 33.6 Å². The second-order valence-corrected chi connectivity index (χ2v) is 24.5. The average Bonchev–Trinajstić information content (AvgIpc) is 0.768. The molecule has 0 unspecified atom stereocenters. The van der Waals surface area contributed by atoms with Gasteiger partial charge in [0.2, 0.25) is 47.1 Å². The number of fused-ring (bicyclic) bond motifs is 14. The summed E-state index contributed by atoms with van der Waals surface area (Å²) in [6.07, 6.45) is -10.2. The zero-order valence-corrected chi connectivity index (χ0v) is 52.5. The van der Waals surface area contributed by atoms with Crippen LogP contribution in [0.5, 0.6) is 69.0 Å². The number of aromatic hydroxyl groups is 6. The minimum absolute atomic E-state index is 0.0913. The van der Waals surface area contributed by atoms with Crippen molar-refractivity contribution in [3.63, 3.8) is 0 Å². The number of halogens is 2. The van der Waals surface area contributed by atoms with Crippen molar-refractivity contribution < 1.29 is 113 Å². The Hall–Kier alpha value is -11.2. The van der Waals surface area contributed by atoms with Gasteiger partial charge in [0.05, 0.1) is 16.7 Å². The molecule has 7 aromatic rings. The number of phenols is 6. The second kappa shape index (κ2) is 27.0. The summed E-state index contributed by atoms with van der Waals surface area (Å²) in [5, 5.41) is 130. The molecule has 13 atom stereocenters. The van der Waals surface area contributed by atoms with Gasteiger partial charge < -0.3 is 118 Å². The highest BCUT2D eigenvalue weighted by Crippen LogP contribution is 2.49. The van der Waals surface area contributed by atoms with Gasteiger partial charge in [-0.1, -0.05) is 47.5 Å². The minimum atomic E-state index is -2.38. The number of carboxylic acids is 1. The lowest BCUT2D eigenvalue weighted by molar-refractivity contribution is -0.284. The smallest absolute Gasteiger partial charge is 0.330 e. The highest BCUT2D eigenvalue weighted by Gasteiger charge is 2.49. The van der Waals surface area contributed by atoms with E-state index in [2.05, 4.69) is 37.2 Å². The molecule has 99 heavy (non-hydrogen) atoms. The highest BCUT2D eigenvalue weighted by atomic mass is 35.5. The van der Waals surface area contributed by atoms with Crippen LogP contribution in [0.3, 0.4) is 0 Å². The number of nitrogens with two attached hydrogens (primary N) is 1. The van der Waals surface area contributed by atoms with E-state index in [1.165, 1.54) is 48.5 Å². The Morgan fingerprint density at radius 2 is 1.17 bits per heavy atom. The standard InChI is InChI=1S/C66H58Cl2N8O23/c1-23(78)70-53-57(86)56(85)46(22-77)98-66(53)99-58-27-5-9-42(36(68)15-27)97-45-18-29-17-44(55(45)84)96-41-8-2-24(10-35(41)67)11-37-59(87)72-50(28-12-30(79)19-32(13-28)95-43-16-25(3-7-39(43)82)48(69)60(88)71-37)62(90)74-51(29)63(91)73-49-26-4-6-38(81)33(14-26)47-34(20-31(80)21-40(47)83)52(65(93)94)75-64(92)54(58)76-61(49)89/h2-10,12-21,37,46,48-54,56-58,66,77,79-86H,11,22,69H2,1H3,(H,70,78)(H,71,88)(H,72,87)(H,73,91)(H,74,90)(H,75,92)(H,76,89)(H,93,94)/t37-,46-,48+,49-,50+,51-,52+,53-,54+,56-,57-,58-,66+/m1/s1. The van der Waals surface area contributed by atoms with Crippen molar-refractivity contribution in [1.29, 1.82) is 0 Å². The summed E-state index contributed by atoms with van der Waals surface area (Å²) < 4.78 is 31.1. The minimum Gasteiger partial charge on any atom is -0.508 e. The summed E-state index contributed by atoms with van der Waals surface area (Å²) in [6, 6.07) is 4.95. The molecular formula is C66H58Cl2N8O23. The number of aliphatic hydroxyl groups is 3. The van der Waals surface area contributed by atoms with Crippen LogP contribution in [0.2, 0.25) is 10.0 Å². The highest BCUT2D eigenvalue weighted by molar-refractivity contribution is 6.32. The Morgan fingerprint density at radius 1 is 0.576 bits per heavy atom. The Morgan fingerprint density at radius 3 is 1.83 bits per heavy atom. The largest absolute Gasteiger partial charge is 0.508 e. The van der Waals surface area contributed by atoms with Gasteiger partial charge in [-0.05, 0) is 112 Å². The summed E-state index contributed by atoms with van der Waals surface area (Å²) in [4.78, 5) is 119. The Balaban J connectivity index is 1.10. The van der Waals surface area contributed by atoms with Crippen molar-refractivity contribution in [3.05, 3.63) is 164 Å². The number of aliphatic carboxylic acids is 1. The van der Waals surface area contributed by atoms with Crippen molar-refractivity contribution in [1.82, 2.24) is 37.2 Å². The first-order valence-corrected chi connectivity index (χ1v) is 30.8. The maximum atomic E-state index is 16.1. The van der Waals surface area contributed by atoms with E-state index in [9.17, 15) is 65.4 Å². The van der Waals surface area contributed by atoms with Crippen LogP contribution < -0.4 is 57.2 Å². The maximum absolute atomic E-state index is 16.1. The van der Waals surface area contributed by atoms with E-state index < -0.39 is 206 Å². The fourth-order valence-corrected chi connectivity index (χ4v) is 12.6. The number of carbonyl (C=O) groups excluding carboxylic acids is 7. The first-order valence-electron chi connectivity index (χ1n) is 30.0. The van der Waals surface area contributed by atoms with Gasteiger partial charge in [-0.15, -0.1) is 0 Å². The van der Waals surface area contributed by atoms with Crippen molar-refractivity contribution in [2.75, 3.05) is 6.61 Å². The Kier molecular flexibility index (Phi) is 18.5. The van der Waals surface area contributed by atoms with Crippen LogP contribution >= 0.6 is 23.2 Å². The quantitative estimate of drug-likeness (QED) is 0.118. The van der Waals surface area contributed by atoms with Crippen LogP contribution in [0.4, 0.5) is 0 Å². The molecule has 1 saturated heterocycles. The number of amides is 7. The van der Waals surface area contributed by atoms with Crippen LogP contribution in [-0.2, 0) is 54.3 Å². The van der Waals surface area contributed by atoms with E-state index in [1.54, 1.807) is 0 Å². The molecule has 7 amide bonds. The average molecular weight is 1400 g/mol. The molecule has 7 aromatic carbocycles. The number of hydrogen-bond acceptors (Lipinski definition) is 23. The molecule has 7 aliphatic heterocycles. The topological polar surface area (TPSA) is 495 Å². The summed E-state index contributed by atoms with van der Waals surface area (Å²) >= 11 is 14.0. The lowest BCUT2D eigenvalue weighted by Crippen LogP contribution is -2.65. The van der Waals surface area contributed by atoms with Gasteiger partial charge in [0.15, 0.2) is 35.3 Å². The fraction of sp³-hybridized carbons (Fsp3) is 0.242. The van der Waals surface area contributed by atoms with Crippen molar-refractivity contribution in [2.45, 2.75) is 92.4 Å². The number of ether oxygens (including phenoxy) is 5. The summed E-state index contributed by atoms with van der Waals surface area (Å²) in [5.41, 5.74) is 3.85. The number of rotatable bonds is 5. The lowest BCUT2D eigenvalue weighted by atomic mass is 9.89. The molecule has 17 bridgehead atoms. The number of carbonyl (C=O) groups is 8. The summed E-state index contributed by atoms with van der Waals surface area (Å²) in [7, 11) is 0. The first-order chi connectivity index (χ1) is 47.1. The molecule has 0 aromatic heterocycles. The Labute approximate surface area is 567 Å². The van der Waals surface area contributed by atoms with Crippen LogP contribution in [0, 0.1) is 0 Å². The predicted molar refractivity (Wildman–Crippen MR) is 339 cm³/mol. The van der Waals surface area contributed by atoms with Crippen molar-refractivity contribution >= 4 is 70.5 Å². The first kappa shape index (κ1) is 67.8. The van der Waals surface area contributed by atoms with E-state index in [1.807, 2.05) is 0 Å². The van der Waals surface area contributed by atoms with Crippen LogP contribution in [-0.4, -0.2) is 148 Å². The van der Waals surface area contributed by atoms with Crippen LogP contribution in [0.25, 0.3) is 11.1 Å². The van der Waals surface area contributed by atoms with E-state index in [0.717, 1.165) is 73.7 Å². The van der Waals surface area contributed by atoms with E-state index in [0.29, 0.717) is 0 Å². The number of aliphatic hydroxyl groups excluding tert-OH is 3. The molecule has 514 valence electrons. The van der Waals surface area contributed by atoms with E-state index in [-0.39, 0.29) is 62.3 Å². The molecule has 1 fully saturated rings. The fourth-order valence-electron chi connectivity index (χ4n) is 12.1. The second-order valence-electron chi connectivity index (χ2n) is 23.6. The number of nitrogens with one attached hydrogen (secondary N) is 7. The molecule has 14 rings (SSSR count). The zero-order valence-electron chi connectivity index (χ0n) is 51.0. The normalized spacial score (nSPS) is 25.2. The zero-order chi connectivity index (χ0) is 70.7. The number of benzene rings is 7. The monoisotopic (exact) mass is 1400 g/mol. The molecule has 0 spiro atoms. The molecule has 19 N–H and O–H groups in total. The van der Waals surface area contributed by atoms with E-state index >= 15 is 24.0 Å². The molecule has 0 aliphatic carbocycles. The van der Waals surface area contributed by atoms with Crippen molar-refractivity contribution in [2.24, 2.45) is 5.73 Å². The third-order valence-electron chi connectivity index (χ3n) is 17.0. The van der Waals surface area contributed by atoms with Gasteiger partial charge in [0.1, 0.15) is 107 Å². The van der Waals surface area contributed by atoms with Gasteiger partial charge >= 0.3 is 5.97 Å². The van der Waals surface area contributed by atoms with Gasteiger partial charge in [-0.25, -0.2) is 4.79 Å². The molecular weight excluding hydrogens is 1340 g/mol. The number of hydrogen-bond donors (Lipinski definition) is 18. The molecule has 7 heterocycles. The third kappa shape index (κ3) is 13.5. The van der Waals surface area contributed by atoms with Crippen LogP contribution in [0.1, 0.15) is 82.2 Å². The van der Waals surface area contributed by atoms with Crippen molar-refractivity contribution in [3.8, 4) is 80.1 Å². The van der Waals surface area contributed by atoms with Gasteiger partial charge in [-0.2, -0.15) is 0 Å². The lowest BCUT2D eigenvalue weighted by Gasteiger charge is -2.44. The van der Waals surface area contributed by atoms with Gasteiger partial charge in [0.25, 0.3) is 0 Å². The molecule has 0 saturated carbocycles.